The lowest BCUT2D eigenvalue weighted by atomic mass is 10.0. The van der Waals surface area contributed by atoms with Gasteiger partial charge in [0.15, 0.2) is 0 Å². The normalized spacial score (nSPS) is 10.6. The second kappa shape index (κ2) is 4.47. The van der Waals surface area contributed by atoms with Crippen LogP contribution in [-0.4, -0.2) is 31.1 Å². The van der Waals surface area contributed by atoms with Crippen molar-refractivity contribution >= 4 is 11.8 Å². The summed E-state index contributed by atoms with van der Waals surface area (Å²) in [6.45, 7) is 6.34. The third-order valence-corrected chi connectivity index (χ3v) is 2.34. The van der Waals surface area contributed by atoms with E-state index in [1.54, 1.807) is 0 Å². The van der Waals surface area contributed by atoms with Crippen LogP contribution < -0.4 is 10.2 Å². The van der Waals surface area contributed by atoms with Crippen molar-refractivity contribution < 1.29 is 0 Å². The first-order valence-electron chi connectivity index (χ1n) is 5.21. The maximum absolute atomic E-state index is 4.48. The average Bonchev–Trinajstić information content (AvgIpc) is 2.15. The van der Waals surface area contributed by atoms with Crippen LogP contribution in [0.5, 0.6) is 0 Å². The summed E-state index contributed by atoms with van der Waals surface area (Å²) < 4.78 is 0. The molecule has 0 atom stereocenters. The molecule has 1 aromatic heterocycles. The Labute approximate surface area is 91.7 Å². The molecule has 0 aliphatic carbocycles. The van der Waals surface area contributed by atoms with Crippen molar-refractivity contribution in [1.82, 2.24) is 9.97 Å². The first kappa shape index (κ1) is 11.8. The Morgan fingerprint density at radius 2 is 1.80 bits per heavy atom. The molecule has 0 aliphatic heterocycles. The van der Waals surface area contributed by atoms with E-state index in [0.29, 0.717) is 5.92 Å². The molecular weight excluding hydrogens is 188 g/mol. The lowest BCUT2D eigenvalue weighted by Gasteiger charge is -2.18. The summed E-state index contributed by atoms with van der Waals surface area (Å²) in [6.07, 6.45) is 0. The van der Waals surface area contributed by atoms with Gasteiger partial charge in [-0.2, -0.15) is 4.98 Å². The molecule has 84 valence electrons. The fourth-order valence-electron chi connectivity index (χ4n) is 1.65. The van der Waals surface area contributed by atoms with Crippen LogP contribution in [0.3, 0.4) is 0 Å². The van der Waals surface area contributed by atoms with E-state index in [1.165, 1.54) is 5.56 Å². The summed E-state index contributed by atoms with van der Waals surface area (Å²) in [7, 11) is 5.79. The van der Waals surface area contributed by atoms with Gasteiger partial charge in [0.1, 0.15) is 5.82 Å². The van der Waals surface area contributed by atoms with Crippen LogP contribution in [-0.2, 0) is 0 Å². The van der Waals surface area contributed by atoms with E-state index in [9.17, 15) is 0 Å². The van der Waals surface area contributed by atoms with Crippen molar-refractivity contribution in [3.63, 3.8) is 0 Å². The highest BCUT2D eigenvalue weighted by atomic mass is 15.2. The van der Waals surface area contributed by atoms with Crippen LogP contribution in [0.25, 0.3) is 0 Å². The highest BCUT2D eigenvalue weighted by molar-refractivity contribution is 5.51. The quantitative estimate of drug-likeness (QED) is 0.825. The van der Waals surface area contributed by atoms with E-state index in [0.717, 1.165) is 17.5 Å². The predicted octanol–water partition coefficient (Wildman–Crippen LogP) is 2.02. The zero-order chi connectivity index (χ0) is 11.6. The molecule has 0 amide bonds. The number of hydrogen-bond acceptors (Lipinski definition) is 4. The molecule has 0 saturated carbocycles. The van der Waals surface area contributed by atoms with E-state index in [1.807, 2.05) is 33.0 Å². The second-order valence-electron chi connectivity index (χ2n) is 4.17. The summed E-state index contributed by atoms with van der Waals surface area (Å²) >= 11 is 0. The third-order valence-electron chi connectivity index (χ3n) is 2.34. The topological polar surface area (TPSA) is 41.1 Å². The van der Waals surface area contributed by atoms with E-state index >= 15 is 0 Å². The summed E-state index contributed by atoms with van der Waals surface area (Å²) in [4.78, 5) is 10.9. The van der Waals surface area contributed by atoms with E-state index in [2.05, 4.69) is 29.1 Å². The van der Waals surface area contributed by atoms with Gasteiger partial charge in [0.05, 0.1) is 0 Å². The van der Waals surface area contributed by atoms with Gasteiger partial charge in [-0.1, -0.05) is 13.8 Å². The lowest BCUT2D eigenvalue weighted by Crippen LogP contribution is -2.16. The number of nitrogens with one attached hydrogen (secondary N) is 1. The highest BCUT2D eigenvalue weighted by Crippen LogP contribution is 2.26. The Kier molecular flexibility index (Phi) is 3.50. The maximum Gasteiger partial charge on any atom is 0.227 e. The molecule has 0 saturated heterocycles. The molecule has 4 nitrogen and oxygen atoms in total. The number of aryl methyl sites for hydroxylation is 1. The lowest BCUT2D eigenvalue weighted by molar-refractivity contribution is 0.826. The van der Waals surface area contributed by atoms with E-state index < -0.39 is 0 Å². The van der Waals surface area contributed by atoms with Crippen molar-refractivity contribution in [1.29, 1.82) is 0 Å². The predicted molar refractivity (Wildman–Crippen MR) is 64.7 cm³/mol. The molecule has 0 unspecified atom stereocenters. The number of hydrogen-bond donors (Lipinski definition) is 1. The first-order valence-corrected chi connectivity index (χ1v) is 5.21. The molecule has 4 heteroatoms. The summed E-state index contributed by atoms with van der Waals surface area (Å²) in [6, 6.07) is 0. The monoisotopic (exact) mass is 208 g/mol. The Balaban J connectivity index is 3.31. The molecule has 0 aliphatic rings. The minimum Gasteiger partial charge on any atom is -0.373 e. The zero-order valence-corrected chi connectivity index (χ0v) is 10.4. The number of anilines is 2. The number of rotatable bonds is 3. The smallest absolute Gasteiger partial charge is 0.227 e. The van der Waals surface area contributed by atoms with Gasteiger partial charge in [0.2, 0.25) is 5.95 Å². The Hall–Kier alpha value is -1.32. The second-order valence-corrected chi connectivity index (χ2v) is 4.17. The van der Waals surface area contributed by atoms with Gasteiger partial charge in [-0.3, -0.25) is 0 Å². The molecular formula is C11H20N4. The fraction of sp³-hybridized carbons (Fsp3) is 0.636. The van der Waals surface area contributed by atoms with E-state index in [4.69, 9.17) is 0 Å². The number of nitrogens with zero attached hydrogens (tertiary/aromatic N) is 3. The summed E-state index contributed by atoms with van der Waals surface area (Å²) in [5, 5.41) is 3.14. The molecule has 15 heavy (non-hydrogen) atoms. The average molecular weight is 208 g/mol. The van der Waals surface area contributed by atoms with Gasteiger partial charge in [-0.15, -0.1) is 0 Å². The van der Waals surface area contributed by atoms with Gasteiger partial charge < -0.3 is 10.2 Å². The van der Waals surface area contributed by atoms with Crippen molar-refractivity contribution in [3.05, 3.63) is 11.3 Å². The summed E-state index contributed by atoms with van der Waals surface area (Å²) in [5.74, 6) is 2.12. The molecule has 1 rings (SSSR count). The zero-order valence-electron chi connectivity index (χ0n) is 10.4. The molecule has 0 fully saturated rings. The van der Waals surface area contributed by atoms with Crippen LogP contribution in [0.2, 0.25) is 0 Å². The summed E-state index contributed by atoms with van der Waals surface area (Å²) in [5.41, 5.74) is 2.25. The number of aromatic nitrogens is 2. The van der Waals surface area contributed by atoms with Gasteiger partial charge >= 0.3 is 0 Å². The molecule has 0 aromatic carbocycles. The molecule has 0 radical (unpaired) electrons. The largest absolute Gasteiger partial charge is 0.373 e. The van der Waals surface area contributed by atoms with Gasteiger partial charge in [0, 0.05) is 32.4 Å². The van der Waals surface area contributed by atoms with Crippen LogP contribution >= 0.6 is 0 Å². The van der Waals surface area contributed by atoms with Crippen molar-refractivity contribution in [2.45, 2.75) is 26.7 Å². The highest BCUT2D eigenvalue weighted by Gasteiger charge is 2.14. The molecule has 1 heterocycles. The van der Waals surface area contributed by atoms with Crippen LogP contribution in [0.15, 0.2) is 0 Å². The fourth-order valence-corrected chi connectivity index (χ4v) is 1.65. The van der Waals surface area contributed by atoms with Crippen molar-refractivity contribution in [3.8, 4) is 0 Å². The Morgan fingerprint density at radius 1 is 1.20 bits per heavy atom. The minimum atomic E-state index is 0.434. The van der Waals surface area contributed by atoms with Gasteiger partial charge in [-0.05, 0) is 12.8 Å². The third kappa shape index (κ3) is 2.37. The Bertz CT molecular complexity index is 345. The van der Waals surface area contributed by atoms with E-state index in [-0.39, 0.29) is 0 Å². The molecule has 0 bridgehead atoms. The van der Waals surface area contributed by atoms with Crippen LogP contribution in [0.1, 0.15) is 31.0 Å². The first-order chi connectivity index (χ1) is 6.97. The SMILES string of the molecule is CNc1nc(N(C)C)nc(C)c1C(C)C. The minimum absolute atomic E-state index is 0.434. The maximum atomic E-state index is 4.48. The Morgan fingerprint density at radius 3 is 2.20 bits per heavy atom. The van der Waals surface area contributed by atoms with Crippen LogP contribution in [0.4, 0.5) is 11.8 Å². The standard InChI is InChI=1S/C11H20N4/c1-7(2)9-8(3)13-11(15(5)6)14-10(9)12-4/h7H,1-6H3,(H,12,13,14). The van der Waals surface area contributed by atoms with Crippen molar-refractivity contribution in [2.75, 3.05) is 31.4 Å². The van der Waals surface area contributed by atoms with Gasteiger partial charge in [0.25, 0.3) is 0 Å². The van der Waals surface area contributed by atoms with Gasteiger partial charge in [-0.25, -0.2) is 4.98 Å². The molecule has 1 N–H and O–H groups in total. The molecule has 0 spiro atoms. The molecule has 1 aromatic rings. The van der Waals surface area contributed by atoms with Crippen molar-refractivity contribution in [2.24, 2.45) is 0 Å². The van der Waals surface area contributed by atoms with Crippen LogP contribution in [0, 0.1) is 6.92 Å².